The SMILES string of the molecule is CCCCOc1nc(N)c2[nH]c(=O)n(Cc3ccc(CN4CCC(c5nnc6n5CCN(C(O)OCc5ccc(NC(=O)C(CCCNC(N)=O)NC(=O)CNC(=O)CCOCCOCCOCCOCCON)cc5)C6)CC4)cc3)c2n1. The number of fused-ring (bicyclic) bond motifs is 2. The van der Waals surface area contributed by atoms with E-state index in [4.69, 9.17) is 45.8 Å². The molecule has 2 atom stereocenters. The molecule has 0 spiro atoms. The van der Waals surface area contributed by atoms with Crippen LogP contribution >= 0.6 is 0 Å². The summed E-state index contributed by atoms with van der Waals surface area (Å²) in [6.07, 6.45) is 2.97. The van der Waals surface area contributed by atoms with Crippen LogP contribution in [0, 0.1) is 0 Å². The van der Waals surface area contributed by atoms with Crippen molar-refractivity contribution in [2.75, 3.05) is 110 Å². The van der Waals surface area contributed by atoms with Crippen molar-refractivity contribution < 1.29 is 57.5 Å². The van der Waals surface area contributed by atoms with Crippen LogP contribution in [0.25, 0.3) is 11.2 Å². The second kappa shape index (κ2) is 33.8. The Kier molecular flexibility index (Phi) is 25.8. The number of aromatic nitrogens is 7. The molecule has 29 heteroatoms. The maximum absolute atomic E-state index is 13.4. The van der Waals surface area contributed by atoms with E-state index in [9.17, 15) is 29.1 Å². The first-order chi connectivity index (χ1) is 40.4. The zero-order chi connectivity index (χ0) is 58.8. The Morgan fingerprint density at radius 2 is 1.45 bits per heavy atom. The van der Waals surface area contributed by atoms with Crippen LogP contribution in [0.4, 0.5) is 16.3 Å². The number of nitrogens with one attached hydrogen (secondary N) is 5. The molecule has 83 heavy (non-hydrogen) atoms. The van der Waals surface area contributed by atoms with Crippen LogP contribution in [0.1, 0.15) is 86.1 Å². The standard InChI is InChI=1S/C54H80N16O13/c1-2-3-22-81-52-63-47(55)46-49(64-52)70(53(75)62-46)34-38-8-6-37(7-9-38)33-67-18-14-40(15-19-67)48-66-65-43-35-68(20-21-69(43)48)54(76)82-36-39-10-12-41(13-11-39)60-50(73)42(5-4-17-58-51(56)74)61-45(72)32-59-44(71)16-23-77-24-25-78-26-27-79-28-29-80-30-31-83-57/h6-13,40,42,54,76H,2-5,14-36,57H2,1H3,(H,59,71)(H,60,73)(H,61,72)(H,62,75)(H2,55,63,64)(H3,56,58,74). The number of nitrogens with zero attached hydrogens (tertiary/aromatic N) is 8. The van der Waals surface area contributed by atoms with Crippen LogP contribution in [0.5, 0.6) is 6.01 Å². The van der Waals surface area contributed by atoms with E-state index in [1.807, 2.05) is 12.1 Å². The zero-order valence-electron chi connectivity index (χ0n) is 47.1. The Morgan fingerprint density at radius 3 is 2.12 bits per heavy atom. The Balaban J connectivity index is 0.784. The van der Waals surface area contributed by atoms with Crippen molar-refractivity contribution in [1.29, 1.82) is 0 Å². The fourth-order valence-electron chi connectivity index (χ4n) is 9.30. The summed E-state index contributed by atoms with van der Waals surface area (Å²) in [5.74, 6) is 5.56. The lowest BCUT2D eigenvalue weighted by Gasteiger charge is -2.34. The molecule has 0 bridgehead atoms. The van der Waals surface area contributed by atoms with Crippen LogP contribution in [0.3, 0.4) is 0 Å². The van der Waals surface area contributed by atoms with Gasteiger partial charge in [0.05, 0.1) is 92.3 Å². The van der Waals surface area contributed by atoms with Gasteiger partial charge < -0.3 is 80.7 Å². The summed E-state index contributed by atoms with van der Waals surface area (Å²) in [6, 6.07) is 13.6. The fraction of sp³-hybridized carbons (Fsp3) is 0.574. The van der Waals surface area contributed by atoms with Crippen molar-refractivity contribution in [3.63, 3.8) is 0 Å². The van der Waals surface area contributed by atoms with Crippen LogP contribution in [-0.4, -0.2) is 184 Å². The van der Waals surface area contributed by atoms with Crippen LogP contribution in [-0.2, 0) is 75.7 Å². The number of imidazole rings is 1. The lowest BCUT2D eigenvalue weighted by atomic mass is 9.95. The van der Waals surface area contributed by atoms with Gasteiger partial charge in [0.2, 0.25) is 24.1 Å². The Bertz CT molecular complexity index is 2860. The van der Waals surface area contributed by atoms with Crippen molar-refractivity contribution >= 4 is 46.4 Å². The molecule has 5 aromatic rings. The first kappa shape index (κ1) is 63.4. The molecule has 12 N–H and O–H groups in total. The number of aliphatic hydroxyl groups is 1. The third kappa shape index (κ3) is 20.6. The van der Waals surface area contributed by atoms with E-state index in [1.54, 1.807) is 33.7 Å². The number of likely N-dealkylation sites (tertiary alicyclic amines) is 1. The smallest absolute Gasteiger partial charge is 0.328 e. The third-order valence-electron chi connectivity index (χ3n) is 13.8. The number of primary amides is 1. The van der Waals surface area contributed by atoms with Gasteiger partial charge in [-0.05, 0) is 74.0 Å². The Hall–Kier alpha value is -7.19. The molecule has 2 aliphatic heterocycles. The highest BCUT2D eigenvalue weighted by Crippen LogP contribution is 2.30. The number of aromatic amines is 1. The summed E-state index contributed by atoms with van der Waals surface area (Å²) in [6.45, 7) is 9.80. The lowest BCUT2D eigenvalue weighted by Crippen LogP contribution is -2.47. The summed E-state index contributed by atoms with van der Waals surface area (Å²) in [5.41, 5.74) is 15.1. The number of unbranched alkanes of at least 4 members (excludes halogenated alkanes) is 1. The summed E-state index contributed by atoms with van der Waals surface area (Å²) in [4.78, 5) is 83.0. The van der Waals surface area contributed by atoms with Crippen molar-refractivity contribution in [3.8, 4) is 6.01 Å². The van der Waals surface area contributed by atoms with Crippen molar-refractivity contribution in [3.05, 3.63) is 87.4 Å². The van der Waals surface area contributed by atoms with Gasteiger partial charge in [0.1, 0.15) is 23.2 Å². The molecule has 1 fully saturated rings. The van der Waals surface area contributed by atoms with Gasteiger partial charge in [0.25, 0.3) is 0 Å². The monoisotopic (exact) mass is 1160 g/mol. The predicted octanol–water partition coefficient (Wildman–Crippen LogP) is 0.543. The van der Waals surface area contributed by atoms with Gasteiger partial charge in [-0.2, -0.15) is 9.97 Å². The molecule has 0 aliphatic carbocycles. The minimum Gasteiger partial charge on any atom is -0.463 e. The quantitative estimate of drug-likeness (QED) is 0.0149. The molecule has 5 heterocycles. The van der Waals surface area contributed by atoms with E-state index in [0.29, 0.717) is 102 Å². The number of H-pyrrole nitrogens is 1. The van der Waals surface area contributed by atoms with E-state index in [-0.39, 0.29) is 69.2 Å². The van der Waals surface area contributed by atoms with E-state index in [2.05, 4.69) is 79.8 Å². The maximum Gasteiger partial charge on any atom is 0.328 e. The van der Waals surface area contributed by atoms with Gasteiger partial charge in [0.15, 0.2) is 11.5 Å². The Labute approximate surface area is 480 Å². The number of ether oxygens (including phenoxy) is 6. The number of nitrogens with two attached hydrogens (primary N) is 3. The molecule has 5 amide bonds. The minimum atomic E-state index is -1.20. The van der Waals surface area contributed by atoms with Gasteiger partial charge in [-0.1, -0.05) is 49.7 Å². The van der Waals surface area contributed by atoms with Gasteiger partial charge in [-0.15, -0.1) is 10.2 Å². The first-order valence-corrected chi connectivity index (χ1v) is 28.1. The number of nitrogen functional groups attached to an aromatic ring is 1. The van der Waals surface area contributed by atoms with Gasteiger partial charge >= 0.3 is 17.7 Å². The van der Waals surface area contributed by atoms with Crippen molar-refractivity contribution in [2.24, 2.45) is 11.6 Å². The van der Waals surface area contributed by atoms with Gasteiger partial charge in [0, 0.05) is 44.2 Å². The van der Waals surface area contributed by atoms with Gasteiger partial charge in [-0.3, -0.25) is 23.9 Å². The van der Waals surface area contributed by atoms with Crippen LogP contribution in [0.2, 0.25) is 0 Å². The van der Waals surface area contributed by atoms with E-state index < -0.39 is 36.2 Å². The normalized spacial score (nSPS) is 14.7. The second-order valence-electron chi connectivity index (χ2n) is 20.0. The number of amides is 5. The Morgan fingerprint density at radius 1 is 0.783 bits per heavy atom. The molecular weight excluding hydrogens is 1080 g/mol. The van der Waals surface area contributed by atoms with Crippen molar-refractivity contribution in [1.82, 2.24) is 60.0 Å². The number of carbonyl (C=O) groups is 4. The summed E-state index contributed by atoms with van der Waals surface area (Å²) in [5, 5.41) is 30.7. The average molecular weight is 1160 g/mol. The highest BCUT2D eigenvalue weighted by molar-refractivity contribution is 5.97. The largest absolute Gasteiger partial charge is 0.463 e. The summed E-state index contributed by atoms with van der Waals surface area (Å²) >= 11 is 0. The number of benzene rings is 2. The minimum absolute atomic E-state index is 0.00862. The van der Waals surface area contributed by atoms with Gasteiger partial charge in [-0.25, -0.2) is 20.4 Å². The van der Waals surface area contributed by atoms with Crippen LogP contribution < -0.4 is 49.1 Å². The topological polar surface area (TPSA) is 380 Å². The lowest BCUT2D eigenvalue weighted by molar-refractivity contribution is -0.207. The van der Waals surface area contributed by atoms with E-state index in [0.717, 1.165) is 68.1 Å². The second-order valence-corrected chi connectivity index (χ2v) is 20.0. The number of aliphatic hydroxyl groups excluding tert-OH is 1. The molecule has 7 rings (SSSR count). The molecular formula is C54H80N16O13. The number of hydrogen-bond donors (Lipinski definition) is 9. The molecule has 2 unspecified atom stereocenters. The average Bonchev–Trinajstić information content (AvgIpc) is 4.19. The molecule has 454 valence electrons. The number of carbonyl (C=O) groups excluding carboxylic acids is 4. The number of urea groups is 1. The molecule has 2 aliphatic rings. The molecule has 29 nitrogen and oxygen atoms in total. The van der Waals surface area contributed by atoms with E-state index >= 15 is 0 Å². The highest BCUT2D eigenvalue weighted by Gasteiger charge is 2.31. The zero-order valence-corrected chi connectivity index (χ0v) is 47.1. The molecule has 3 aromatic heterocycles. The molecule has 0 saturated carbocycles. The first-order valence-electron chi connectivity index (χ1n) is 28.1. The van der Waals surface area contributed by atoms with Crippen LogP contribution in [0.15, 0.2) is 53.3 Å². The predicted molar refractivity (Wildman–Crippen MR) is 302 cm³/mol. The maximum atomic E-state index is 13.4. The molecule has 1 saturated heterocycles. The third-order valence-corrected chi connectivity index (χ3v) is 13.8. The highest BCUT2D eigenvalue weighted by atomic mass is 16.6. The van der Waals surface area contributed by atoms with E-state index in [1.165, 1.54) is 5.56 Å². The van der Waals surface area contributed by atoms with Crippen molar-refractivity contribution in [2.45, 2.75) is 103 Å². The molecule has 0 radical (unpaired) electrons. The summed E-state index contributed by atoms with van der Waals surface area (Å²) in [7, 11) is 0. The summed E-state index contributed by atoms with van der Waals surface area (Å²) < 4.78 is 36.8. The number of hydrogen-bond acceptors (Lipinski definition) is 21. The number of piperidine rings is 1. The number of anilines is 2. The molecule has 2 aromatic carbocycles. The number of rotatable bonds is 37. The fourth-order valence-corrected chi connectivity index (χ4v) is 9.30.